The molecule has 0 radical (unpaired) electrons. The van der Waals surface area contributed by atoms with Gasteiger partial charge in [0.15, 0.2) is 0 Å². The van der Waals surface area contributed by atoms with Crippen LogP contribution in [0.4, 0.5) is 10.5 Å². The van der Waals surface area contributed by atoms with Gasteiger partial charge in [-0.25, -0.2) is 4.79 Å². The molecule has 116 valence electrons. The highest BCUT2D eigenvalue weighted by Gasteiger charge is 2.06. The normalized spacial score (nSPS) is 11.6. The van der Waals surface area contributed by atoms with Crippen LogP contribution >= 0.6 is 15.9 Å². The molecule has 0 aliphatic rings. The van der Waals surface area contributed by atoms with Crippen LogP contribution in [0, 0.1) is 0 Å². The quantitative estimate of drug-likeness (QED) is 0.756. The number of hydrogen-bond acceptors (Lipinski definition) is 3. The van der Waals surface area contributed by atoms with Crippen molar-refractivity contribution >= 4 is 27.6 Å². The molecule has 0 saturated carbocycles. The first-order valence-electron chi connectivity index (χ1n) is 6.78. The van der Waals surface area contributed by atoms with Crippen LogP contribution < -0.4 is 15.4 Å². The van der Waals surface area contributed by atoms with Gasteiger partial charge in [-0.3, -0.25) is 0 Å². The van der Waals surface area contributed by atoms with Crippen LogP contribution in [0.25, 0.3) is 0 Å². The summed E-state index contributed by atoms with van der Waals surface area (Å²) in [5.41, 5.74) is 0.644. The second kappa shape index (κ2) is 7.82. The fourth-order valence-electron chi connectivity index (χ4n) is 1.68. The molecule has 0 fully saturated rings. The molecule has 0 bridgehead atoms. The molecule has 6 heteroatoms. The second-order valence-electron chi connectivity index (χ2n) is 4.76. The highest BCUT2D eigenvalue weighted by Crippen LogP contribution is 2.24. The minimum absolute atomic E-state index is 0.104. The first-order chi connectivity index (χ1) is 10.6. The zero-order valence-corrected chi connectivity index (χ0v) is 13.6. The number of rotatable bonds is 5. The van der Waals surface area contributed by atoms with Crippen molar-refractivity contribution in [1.82, 2.24) is 5.32 Å². The lowest BCUT2D eigenvalue weighted by Gasteiger charge is -2.12. The van der Waals surface area contributed by atoms with Crippen LogP contribution in [0.1, 0.15) is 6.92 Å². The Balaban J connectivity index is 1.92. The summed E-state index contributed by atoms with van der Waals surface area (Å²) < 4.78 is 6.68. The smallest absolute Gasteiger partial charge is 0.319 e. The van der Waals surface area contributed by atoms with Crippen molar-refractivity contribution in [3.8, 4) is 11.5 Å². The highest BCUT2D eigenvalue weighted by atomic mass is 79.9. The van der Waals surface area contributed by atoms with Crippen molar-refractivity contribution in [3.05, 3.63) is 53.0 Å². The van der Waals surface area contributed by atoms with Gasteiger partial charge >= 0.3 is 6.03 Å². The van der Waals surface area contributed by atoms with Crippen LogP contribution in [0.5, 0.6) is 11.5 Å². The number of carbonyl (C=O) groups excluding carboxylic acids is 1. The molecule has 0 saturated heterocycles. The molecule has 2 aromatic rings. The molecule has 2 amide bonds. The number of halogens is 1. The number of aliphatic hydroxyl groups excluding tert-OH is 1. The van der Waals surface area contributed by atoms with Crippen LogP contribution in [0.3, 0.4) is 0 Å². The first kappa shape index (κ1) is 16.3. The van der Waals surface area contributed by atoms with E-state index in [0.717, 1.165) is 10.2 Å². The van der Waals surface area contributed by atoms with Crippen molar-refractivity contribution in [3.63, 3.8) is 0 Å². The summed E-state index contributed by atoms with van der Waals surface area (Å²) in [6.45, 7) is 1.61. The SMILES string of the molecule is C[C@H](CO)NC(=O)Nc1ccc(Oc2ccc(Br)cc2)cc1. The van der Waals surface area contributed by atoms with Gasteiger partial charge in [-0.15, -0.1) is 0 Å². The summed E-state index contributed by atoms with van der Waals surface area (Å²) in [7, 11) is 0. The van der Waals surface area contributed by atoms with Crippen LogP contribution in [0.2, 0.25) is 0 Å². The summed E-state index contributed by atoms with van der Waals surface area (Å²) >= 11 is 3.37. The largest absolute Gasteiger partial charge is 0.457 e. The van der Waals surface area contributed by atoms with Crippen molar-refractivity contribution in [2.45, 2.75) is 13.0 Å². The average Bonchev–Trinajstić information content (AvgIpc) is 2.51. The predicted molar refractivity (Wildman–Crippen MR) is 89.4 cm³/mol. The molecule has 0 unspecified atom stereocenters. The van der Waals surface area contributed by atoms with Crippen LogP contribution in [0.15, 0.2) is 53.0 Å². The first-order valence-corrected chi connectivity index (χ1v) is 7.58. The Bertz CT molecular complexity index is 614. The third kappa shape index (κ3) is 5.05. The molecular weight excluding hydrogens is 348 g/mol. The molecule has 2 rings (SSSR count). The van der Waals surface area contributed by atoms with E-state index in [-0.39, 0.29) is 18.7 Å². The lowest BCUT2D eigenvalue weighted by atomic mass is 10.3. The Morgan fingerprint density at radius 3 is 2.23 bits per heavy atom. The highest BCUT2D eigenvalue weighted by molar-refractivity contribution is 9.10. The van der Waals surface area contributed by atoms with Crippen molar-refractivity contribution in [2.24, 2.45) is 0 Å². The maximum Gasteiger partial charge on any atom is 0.319 e. The average molecular weight is 365 g/mol. The molecular formula is C16H17BrN2O3. The molecule has 2 aromatic carbocycles. The molecule has 0 heterocycles. The Morgan fingerprint density at radius 2 is 1.68 bits per heavy atom. The summed E-state index contributed by atoms with van der Waals surface area (Å²) in [5.74, 6) is 1.41. The zero-order valence-electron chi connectivity index (χ0n) is 12.0. The van der Waals surface area contributed by atoms with Crippen molar-refractivity contribution in [1.29, 1.82) is 0 Å². The zero-order chi connectivity index (χ0) is 15.9. The van der Waals surface area contributed by atoms with E-state index in [4.69, 9.17) is 9.84 Å². The lowest BCUT2D eigenvalue weighted by molar-refractivity contribution is 0.229. The molecule has 0 aromatic heterocycles. The summed E-state index contributed by atoms with van der Waals surface area (Å²) in [5, 5.41) is 14.2. The monoisotopic (exact) mass is 364 g/mol. The van der Waals surface area contributed by atoms with Gasteiger partial charge in [0.2, 0.25) is 0 Å². The van der Waals surface area contributed by atoms with Gasteiger partial charge in [-0.2, -0.15) is 0 Å². The van der Waals surface area contributed by atoms with Gasteiger partial charge in [0.05, 0.1) is 12.6 Å². The molecule has 3 N–H and O–H groups in total. The fourth-order valence-corrected chi connectivity index (χ4v) is 1.95. The number of amides is 2. The Hall–Kier alpha value is -2.05. The van der Waals surface area contributed by atoms with Gasteiger partial charge in [0.25, 0.3) is 0 Å². The Kier molecular flexibility index (Phi) is 5.80. The second-order valence-corrected chi connectivity index (χ2v) is 5.68. The lowest BCUT2D eigenvalue weighted by Crippen LogP contribution is -2.38. The number of anilines is 1. The minimum Gasteiger partial charge on any atom is -0.457 e. The summed E-state index contributed by atoms with van der Waals surface area (Å²) in [6.07, 6.45) is 0. The molecule has 1 atom stereocenters. The number of ether oxygens (including phenoxy) is 1. The van der Waals surface area contributed by atoms with E-state index in [1.165, 1.54) is 0 Å². The third-order valence-corrected chi connectivity index (χ3v) is 3.34. The van der Waals surface area contributed by atoms with Crippen LogP contribution in [-0.4, -0.2) is 23.8 Å². The number of urea groups is 1. The Labute approximate surface area is 137 Å². The van der Waals surface area contributed by atoms with Gasteiger partial charge in [-0.05, 0) is 55.5 Å². The maximum atomic E-state index is 11.6. The van der Waals surface area contributed by atoms with Gasteiger partial charge < -0.3 is 20.5 Å². The number of benzene rings is 2. The van der Waals surface area contributed by atoms with Gasteiger partial charge in [-0.1, -0.05) is 15.9 Å². The molecule has 5 nitrogen and oxygen atoms in total. The number of carbonyl (C=O) groups is 1. The number of aliphatic hydroxyl groups is 1. The van der Waals surface area contributed by atoms with E-state index in [1.54, 1.807) is 31.2 Å². The number of nitrogens with one attached hydrogen (secondary N) is 2. The minimum atomic E-state index is -0.358. The van der Waals surface area contributed by atoms with Crippen LogP contribution in [-0.2, 0) is 0 Å². The fraction of sp³-hybridized carbons (Fsp3) is 0.188. The van der Waals surface area contributed by atoms with E-state index >= 15 is 0 Å². The summed E-state index contributed by atoms with van der Waals surface area (Å²) in [4.78, 5) is 11.6. The summed E-state index contributed by atoms with van der Waals surface area (Å²) in [6, 6.07) is 13.9. The third-order valence-electron chi connectivity index (χ3n) is 2.81. The maximum absolute atomic E-state index is 11.6. The van der Waals surface area contributed by atoms with E-state index in [2.05, 4.69) is 26.6 Å². The van der Waals surface area contributed by atoms with Gasteiger partial charge in [0, 0.05) is 10.2 Å². The predicted octanol–water partition coefficient (Wildman–Crippen LogP) is 3.74. The van der Waals surface area contributed by atoms with E-state index in [9.17, 15) is 4.79 Å². The van der Waals surface area contributed by atoms with Crippen molar-refractivity contribution < 1.29 is 14.6 Å². The standard InChI is InChI=1S/C16H17BrN2O3/c1-11(10-20)18-16(21)19-13-4-8-15(9-5-13)22-14-6-2-12(17)3-7-14/h2-9,11,20H,10H2,1H3,(H2,18,19,21)/t11-/m1/s1. The topological polar surface area (TPSA) is 70.6 Å². The number of hydrogen-bond donors (Lipinski definition) is 3. The van der Waals surface area contributed by atoms with E-state index in [1.807, 2.05) is 24.3 Å². The van der Waals surface area contributed by atoms with E-state index in [0.29, 0.717) is 11.4 Å². The molecule has 0 spiro atoms. The molecule has 0 aliphatic carbocycles. The van der Waals surface area contributed by atoms with Gasteiger partial charge in [0.1, 0.15) is 11.5 Å². The Morgan fingerprint density at radius 1 is 1.14 bits per heavy atom. The van der Waals surface area contributed by atoms with E-state index < -0.39 is 0 Å². The molecule has 0 aliphatic heterocycles. The van der Waals surface area contributed by atoms with Crippen molar-refractivity contribution in [2.75, 3.05) is 11.9 Å². The molecule has 22 heavy (non-hydrogen) atoms.